The zero-order valence-electron chi connectivity index (χ0n) is 11.9. The van der Waals surface area contributed by atoms with Crippen molar-refractivity contribution in [1.82, 2.24) is 0 Å². The van der Waals surface area contributed by atoms with E-state index in [1.807, 2.05) is 16.7 Å². The van der Waals surface area contributed by atoms with Crippen LogP contribution in [-0.4, -0.2) is 36.7 Å². The summed E-state index contributed by atoms with van der Waals surface area (Å²) in [5.41, 5.74) is 6.41. The highest BCUT2D eigenvalue weighted by atomic mass is 32.2. The summed E-state index contributed by atoms with van der Waals surface area (Å²) in [5.74, 6) is -0.0306. The van der Waals surface area contributed by atoms with Crippen molar-refractivity contribution in [2.75, 3.05) is 36.6 Å². The minimum atomic E-state index is -0.547. The average molecular weight is 298 g/mol. The van der Waals surface area contributed by atoms with Crippen LogP contribution >= 0.6 is 11.8 Å². The minimum absolute atomic E-state index is 0.0531. The number of carbonyl (C=O) groups is 1. The van der Waals surface area contributed by atoms with E-state index in [4.69, 9.17) is 5.73 Å². The molecule has 0 bridgehead atoms. The molecule has 6 heteroatoms. The lowest BCUT2D eigenvalue weighted by Gasteiger charge is -2.39. The highest BCUT2D eigenvalue weighted by Crippen LogP contribution is 2.34. The highest BCUT2D eigenvalue weighted by molar-refractivity contribution is 8.00. The Hall–Kier alpha value is -1.43. The van der Waals surface area contributed by atoms with Gasteiger partial charge in [-0.05, 0) is 26.0 Å². The van der Waals surface area contributed by atoms with E-state index in [9.17, 15) is 9.18 Å². The van der Waals surface area contributed by atoms with Crippen molar-refractivity contribution in [1.29, 1.82) is 0 Å². The van der Waals surface area contributed by atoms with Crippen LogP contribution in [0.3, 0.4) is 0 Å². The van der Waals surface area contributed by atoms with Crippen LogP contribution in [0.2, 0.25) is 0 Å². The van der Waals surface area contributed by atoms with Crippen LogP contribution in [0.5, 0.6) is 0 Å². The van der Waals surface area contributed by atoms with Gasteiger partial charge >= 0.3 is 5.97 Å². The predicted molar refractivity (Wildman–Crippen MR) is 80.9 cm³/mol. The van der Waals surface area contributed by atoms with E-state index in [0.29, 0.717) is 5.69 Å². The van der Waals surface area contributed by atoms with E-state index in [2.05, 4.69) is 18.6 Å². The molecule has 0 aromatic heterocycles. The van der Waals surface area contributed by atoms with Gasteiger partial charge in [0.2, 0.25) is 0 Å². The van der Waals surface area contributed by atoms with Crippen LogP contribution in [0.15, 0.2) is 12.1 Å². The third-order valence-electron chi connectivity index (χ3n) is 3.29. The molecule has 2 rings (SSSR count). The topological polar surface area (TPSA) is 55.6 Å². The zero-order chi connectivity index (χ0) is 14.9. The highest BCUT2D eigenvalue weighted by Gasteiger charge is 2.29. The molecule has 110 valence electrons. The van der Waals surface area contributed by atoms with Crippen LogP contribution in [-0.2, 0) is 4.74 Å². The summed E-state index contributed by atoms with van der Waals surface area (Å²) in [5, 5.41) is 0. The molecule has 1 fully saturated rings. The molecule has 0 radical (unpaired) electrons. The van der Waals surface area contributed by atoms with Crippen LogP contribution < -0.4 is 10.6 Å². The van der Waals surface area contributed by atoms with Crippen LogP contribution in [0.4, 0.5) is 15.8 Å². The molecule has 2 N–H and O–H groups in total. The maximum atomic E-state index is 14.2. The number of rotatable bonds is 2. The molecule has 1 saturated heterocycles. The second kappa shape index (κ2) is 5.52. The SMILES string of the molecule is COC(=O)c1cc(N2CCSC(C)(C)C2)c(F)cc1N. The maximum absolute atomic E-state index is 14.2. The number of nitrogens with two attached hydrogens (primary N) is 1. The number of nitrogen functional groups attached to an aromatic ring is 1. The third-order valence-corrected chi connectivity index (χ3v) is 4.59. The van der Waals surface area contributed by atoms with Crippen molar-refractivity contribution in [2.45, 2.75) is 18.6 Å². The zero-order valence-corrected chi connectivity index (χ0v) is 12.7. The molecule has 1 aliphatic heterocycles. The molecular weight excluding hydrogens is 279 g/mol. The number of carbonyl (C=O) groups excluding carboxylic acids is 1. The number of thioether (sulfide) groups is 1. The van der Waals surface area contributed by atoms with Gasteiger partial charge in [-0.15, -0.1) is 0 Å². The van der Waals surface area contributed by atoms with E-state index in [1.54, 1.807) is 0 Å². The van der Waals surface area contributed by atoms with Gasteiger partial charge in [0.05, 0.1) is 18.4 Å². The molecular formula is C14H19FN2O2S. The Morgan fingerprint density at radius 1 is 1.50 bits per heavy atom. The quantitative estimate of drug-likeness (QED) is 0.671. The van der Waals surface area contributed by atoms with Gasteiger partial charge in [0.15, 0.2) is 0 Å². The fourth-order valence-corrected chi connectivity index (χ4v) is 3.44. The van der Waals surface area contributed by atoms with Gasteiger partial charge in [0.1, 0.15) is 5.82 Å². The Bertz CT molecular complexity index is 534. The van der Waals surface area contributed by atoms with Crippen molar-refractivity contribution >= 4 is 29.1 Å². The molecule has 20 heavy (non-hydrogen) atoms. The van der Waals surface area contributed by atoms with Crippen molar-refractivity contribution < 1.29 is 13.9 Å². The average Bonchev–Trinajstić information content (AvgIpc) is 2.36. The van der Waals surface area contributed by atoms with Crippen molar-refractivity contribution in [3.05, 3.63) is 23.5 Å². The van der Waals surface area contributed by atoms with Gasteiger partial charge in [-0.1, -0.05) is 0 Å². The number of ether oxygens (including phenoxy) is 1. The Balaban J connectivity index is 2.38. The summed E-state index contributed by atoms with van der Waals surface area (Å²) in [7, 11) is 1.28. The van der Waals surface area contributed by atoms with E-state index in [-0.39, 0.29) is 16.0 Å². The summed E-state index contributed by atoms with van der Waals surface area (Å²) in [6.07, 6.45) is 0. The van der Waals surface area contributed by atoms with Crippen molar-refractivity contribution in [2.24, 2.45) is 0 Å². The summed E-state index contributed by atoms with van der Waals surface area (Å²) < 4.78 is 18.9. The Morgan fingerprint density at radius 3 is 2.80 bits per heavy atom. The minimum Gasteiger partial charge on any atom is -0.465 e. The summed E-state index contributed by atoms with van der Waals surface area (Å²) in [6, 6.07) is 2.68. The standard InChI is InChI=1S/C14H19FN2O2S/c1-14(2)8-17(4-5-20-14)12-6-9(13(18)19-3)11(16)7-10(12)15/h6-7H,4-5,8,16H2,1-3H3. The number of esters is 1. The number of anilines is 2. The molecule has 1 aromatic rings. The number of benzene rings is 1. The molecule has 0 aliphatic carbocycles. The number of hydrogen-bond acceptors (Lipinski definition) is 5. The van der Waals surface area contributed by atoms with Gasteiger partial charge in [-0.3, -0.25) is 0 Å². The predicted octanol–water partition coefficient (Wildman–Crippen LogP) is 2.53. The number of nitrogens with zero attached hydrogens (tertiary/aromatic N) is 1. The first-order valence-electron chi connectivity index (χ1n) is 6.40. The maximum Gasteiger partial charge on any atom is 0.340 e. The number of methoxy groups -OCH3 is 1. The van der Waals surface area contributed by atoms with E-state index in [0.717, 1.165) is 18.8 Å². The van der Waals surface area contributed by atoms with Gasteiger partial charge in [-0.2, -0.15) is 11.8 Å². The van der Waals surface area contributed by atoms with Crippen molar-refractivity contribution in [3.63, 3.8) is 0 Å². The molecule has 4 nitrogen and oxygen atoms in total. The van der Waals surface area contributed by atoms with Crippen molar-refractivity contribution in [3.8, 4) is 0 Å². The Kier molecular flexibility index (Phi) is 4.13. The van der Waals surface area contributed by atoms with Gasteiger partial charge < -0.3 is 15.4 Å². The van der Waals surface area contributed by atoms with Crippen LogP contribution in [0.25, 0.3) is 0 Å². The number of halogens is 1. The second-order valence-electron chi connectivity index (χ2n) is 5.41. The van der Waals surface area contributed by atoms with Crippen LogP contribution in [0.1, 0.15) is 24.2 Å². The normalized spacial score (nSPS) is 17.9. The molecule has 1 aromatic carbocycles. The first-order valence-corrected chi connectivity index (χ1v) is 7.39. The monoisotopic (exact) mass is 298 g/mol. The molecule has 0 atom stereocenters. The summed E-state index contributed by atoms with van der Waals surface area (Å²) >= 11 is 1.86. The van der Waals surface area contributed by atoms with Gasteiger partial charge in [0, 0.05) is 29.3 Å². The molecule has 1 heterocycles. The Morgan fingerprint density at radius 2 is 2.20 bits per heavy atom. The van der Waals surface area contributed by atoms with E-state index < -0.39 is 11.8 Å². The molecule has 0 saturated carbocycles. The second-order valence-corrected chi connectivity index (χ2v) is 7.21. The fourth-order valence-electron chi connectivity index (χ4n) is 2.33. The largest absolute Gasteiger partial charge is 0.465 e. The van der Waals surface area contributed by atoms with E-state index in [1.165, 1.54) is 19.2 Å². The molecule has 0 unspecified atom stereocenters. The van der Waals surface area contributed by atoms with Gasteiger partial charge in [0.25, 0.3) is 0 Å². The Labute approximate surface area is 122 Å². The lowest BCUT2D eigenvalue weighted by molar-refractivity contribution is 0.0602. The smallest absolute Gasteiger partial charge is 0.340 e. The third kappa shape index (κ3) is 3.00. The number of hydrogen-bond donors (Lipinski definition) is 1. The fraction of sp³-hybridized carbons (Fsp3) is 0.500. The molecule has 1 aliphatic rings. The first kappa shape index (κ1) is 15.0. The lowest BCUT2D eigenvalue weighted by Crippen LogP contribution is -2.43. The summed E-state index contributed by atoms with van der Waals surface area (Å²) in [6.45, 7) is 5.72. The molecule has 0 amide bonds. The lowest BCUT2D eigenvalue weighted by atomic mass is 10.1. The summed E-state index contributed by atoms with van der Waals surface area (Å²) in [4.78, 5) is 13.6. The van der Waals surface area contributed by atoms with E-state index >= 15 is 0 Å². The van der Waals surface area contributed by atoms with Crippen LogP contribution in [0, 0.1) is 5.82 Å². The molecule has 0 spiro atoms. The first-order chi connectivity index (χ1) is 9.34. The van der Waals surface area contributed by atoms with Gasteiger partial charge in [-0.25, -0.2) is 9.18 Å².